The van der Waals surface area contributed by atoms with Crippen LogP contribution in [0.2, 0.25) is 0 Å². The van der Waals surface area contributed by atoms with Crippen LogP contribution < -0.4 is 4.90 Å². The fourth-order valence-corrected chi connectivity index (χ4v) is 3.70. The minimum Gasteiger partial charge on any atom is -0.363 e. The third kappa shape index (κ3) is 3.08. The molecule has 0 amide bonds. The predicted octanol–water partition coefficient (Wildman–Crippen LogP) is 2.77. The molecule has 2 aliphatic rings. The van der Waals surface area contributed by atoms with E-state index >= 15 is 0 Å². The van der Waals surface area contributed by atoms with Crippen LogP contribution in [-0.4, -0.2) is 37.1 Å². The Bertz CT molecular complexity index is 401. The molecule has 0 unspecified atom stereocenters. The molecule has 2 heterocycles. The van der Waals surface area contributed by atoms with Gasteiger partial charge in [0.2, 0.25) is 0 Å². The molecular weight excluding hydrogens is 234 g/mol. The largest absolute Gasteiger partial charge is 0.363 e. The van der Waals surface area contributed by atoms with E-state index in [0.717, 1.165) is 24.2 Å². The van der Waals surface area contributed by atoms with Gasteiger partial charge < -0.3 is 4.90 Å². The number of hydrogen-bond acceptors (Lipinski definition) is 3. The highest BCUT2D eigenvalue weighted by Gasteiger charge is 2.30. The summed E-state index contributed by atoms with van der Waals surface area (Å²) in [5.74, 6) is 2.96. The number of hydrogen-bond donors (Lipinski definition) is 0. The van der Waals surface area contributed by atoms with Gasteiger partial charge in [-0.3, -0.25) is 4.90 Å². The highest BCUT2D eigenvalue weighted by Crippen LogP contribution is 2.34. The molecular formula is C16H25N3. The van der Waals surface area contributed by atoms with E-state index in [4.69, 9.17) is 0 Å². The average Bonchev–Trinajstić information content (AvgIpc) is 2.39. The molecule has 3 heteroatoms. The molecule has 1 saturated carbocycles. The Morgan fingerprint density at radius 3 is 2.53 bits per heavy atom. The van der Waals surface area contributed by atoms with Crippen LogP contribution in [0.4, 0.5) is 5.82 Å². The van der Waals surface area contributed by atoms with Crippen LogP contribution in [0.25, 0.3) is 0 Å². The summed E-state index contributed by atoms with van der Waals surface area (Å²) >= 11 is 0. The number of nitrogens with zero attached hydrogens (tertiary/aromatic N) is 3. The molecule has 1 aliphatic heterocycles. The van der Waals surface area contributed by atoms with Crippen molar-refractivity contribution in [2.24, 2.45) is 11.8 Å². The molecule has 0 N–H and O–H groups in total. The van der Waals surface area contributed by atoms with Crippen LogP contribution >= 0.6 is 0 Å². The van der Waals surface area contributed by atoms with Gasteiger partial charge in [-0.1, -0.05) is 12.5 Å². The maximum absolute atomic E-state index is 4.52. The molecule has 1 saturated heterocycles. The lowest BCUT2D eigenvalue weighted by Crippen LogP contribution is -2.42. The van der Waals surface area contributed by atoms with Crippen LogP contribution in [0.3, 0.4) is 0 Å². The third-order valence-electron chi connectivity index (χ3n) is 4.60. The molecule has 2 bridgehead atoms. The maximum atomic E-state index is 4.52. The van der Waals surface area contributed by atoms with Crippen LogP contribution in [-0.2, 0) is 6.54 Å². The number of aromatic nitrogens is 1. The van der Waals surface area contributed by atoms with E-state index in [0.29, 0.717) is 0 Å². The van der Waals surface area contributed by atoms with Crippen molar-refractivity contribution in [3.05, 3.63) is 23.9 Å². The molecule has 0 radical (unpaired) electrons. The second-order valence-electron chi connectivity index (χ2n) is 6.51. The normalized spacial score (nSPS) is 27.3. The fourth-order valence-electron chi connectivity index (χ4n) is 3.70. The molecule has 104 valence electrons. The average molecular weight is 259 g/mol. The lowest BCUT2D eigenvalue weighted by Gasteiger charge is -2.41. The van der Waals surface area contributed by atoms with Gasteiger partial charge in [0, 0.05) is 39.9 Å². The number of anilines is 1. The molecule has 0 spiro atoms. The smallest absolute Gasteiger partial charge is 0.127 e. The zero-order chi connectivity index (χ0) is 13.2. The lowest BCUT2D eigenvalue weighted by atomic mass is 9.78. The number of rotatable bonds is 3. The van der Waals surface area contributed by atoms with Crippen LogP contribution in [0, 0.1) is 11.8 Å². The monoisotopic (exact) mass is 259 g/mol. The first-order chi connectivity index (χ1) is 9.20. The molecule has 1 aromatic heterocycles. The van der Waals surface area contributed by atoms with Crippen molar-refractivity contribution in [3.63, 3.8) is 0 Å². The quantitative estimate of drug-likeness (QED) is 0.832. The Labute approximate surface area is 116 Å². The van der Waals surface area contributed by atoms with Crippen molar-refractivity contribution in [3.8, 4) is 0 Å². The molecule has 1 aliphatic carbocycles. The summed E-state index contributed by atoms with van der Waals surface area (Å²) < 4.78 is 0. The van der Waals surface area contributed by atoms with Gasteiger partial charge >= 0.3 is 0 Å². The van der Waals surface area contributed by atoms with E-state index in [1.165, 1.54) is 44.3 Å². The van der Waals surface area contributed by atoms with E-state index < -0.39 is 0 Å². The van der Waals surface area contributed by atoms with Crippen molar-refractivity contribution < 1.29 is 0 Å². The van der Waals surface area contributed by atoms with Crippen LogP contribution in [0.1, 0.15) is 31.2 Å². The SMILES string of the molecule is CN(C)c1ccc(CN2C[C@@H]3CCC[C@H](C3)C2)cn1. The molecule has 0 aromatic carbocycles. The van der Waals surface area contributed by atoms with Crippen molar-refractivity contribution in [1.29, 1.82) is 0 Å². The summed E-state index contributed by atoms with van der Waals surface area (Å²) in [5.41, 5.74) is 1.35. The van der Waals surface area contributed by atoms with Gasteiger partial charge in [-0.2, -0.15) is 0 Å². The van der Waals surface area contributed by atoms with E-state index in [1.807, 2.05) is 20.3 Å². The standard InChI is InChI=1S/C16H25N3/c1-18(2)16-7-6-15(9-17-16)12-19-10-13-4-3-5-14(8-13)11-19/h6-7,9,13-14H,3-5,8,10-12H2,1-2H3/t13-,14-/m1/s1. The van der Waals surface area contributed by atoms with Gasteiger partial charge in [0.05, 0.1) is 0 Å². The van der Waals surface area contributed by atoms with Crippen LogP contribution in [0.15, 0.2) is 18.3 Å². The first-order valence-corrected chi connectivity index (χ1v) is 7.55. The molecule has 1 aromatic rings. The Hall–Kier alpha value is -1.09. The Morgan fingerprint density at radius 1 is 1.21 bits per heavy atom. The number of pyridine rings is 1. The second kappa shape index (κ2) is 5.49. The summed E-state index contributed by atoms with van der Waals surface area (Å²) in [6.45, 7) is 3.67. The summed E-state index contributed by atoms with van der Waals surface area (Å²) in [5, 5.41) is 0. The maximum Gasteiger partial charge on any atom is 0.127 e. The van der Waals surface area contributed by atoms with Gasteiger partial charge in [-0.05, 0) is 42.7 Å². The number of fused-ring (bicyclic) bond motifs is 2. The zero-order valence-electron chi connectivity index (χ0n) is 12.2. The lowest BCUT2D eigenvalue weighted by molar-refractivity contribution is 0.0807. The fraction of sp³-hybridized carbons (Fsp3) is 0.688. The first-order valence-electron chi connectivity index (χ1n) is 7.55. The molecule has 3 nitrogen and oxygen atoms in total. The minimum atomic E-state index is 0.960. The Balaban J connectivity index is 1.61. The Kier molecular flexibility index (Phi) is 3.74. The van der Waals surface area contributed by atoms with Crippen molar-refractivity contribution in [1.82, 2.24) is 9.88 Å². The highest BCUT2D eigenvalue weighted by atomic mass is 15.1. The van der Waals surface area contributed by atoms with Gasteiger partial charge in [-0.25, -0.2) is 4.98 Å². The number of likely N-dealkylation sites (tertiary alicyclic amines) is 1. The second-order valence-corrected chi connectivity index (χ2v) is 6.51. The molecule has 3 rings (SSSR count). The number of piperidine rings is 1. The third-order valence-corrected chi connectivity index (χ3v) is 4.60. The van der Waals surface area contributed by atoms with E-state index in [-0.39, 0.29) is 0 Å². The van der Waals surface area contributed by atoms with Crippen molar-refractivity contribution >= 4 is 5.82 Å². The summed E-state index contributed by atoms with van der Waals surface area (Å²) in [7, 11) is 4.07. The van der Waals surface area contributed by atoms with Gasteiger partial charge in [0.25, 0.3) is 0 Å². The zero-order valence-corrected chi connectivity index (χ0v) is 12.2. The summed E-state index contributed by atoms with van der Waals surface area (Å²) in [6.07, 6.45) is 7.88. The molecule has 2 atom stereocenters. The van der Waals surface area contributed by atoms with Gasteiger partial charge in [0.15, 0.2) is 0 Å². The van der Waals surface area contributed by atoms with Gasteiger partial charge in [0.1, 0.15) is 5.82 Å². The summed E-state index contributed by atoms with van der Waals surface area (Å²) in [4.78, 5) is 9.21. The van der Waals surface area contributed by atoms with E-state index in [1.54, 1.807) is 0 Å². The van der Waals surface area contributed by atoms with Crippen LogP contribution in [0.5, 0.6) is 0 Å². The van der Waals surface area contributed by atoms with Gasteiger partial charge in [-0.15, -0.1) is 0 Å². The Morgan fingerprint density at radius 2 is 1.95 bits per heavy atom. The van der Waals surface area contributed by atoms with E-state index in [2.05, 4.69) is 26.9 Å². The minimum absolute atomic E-state index is 0.960. The van der Waals surface area contributed by atoms with Crippen molar-refractivity contribution in [2.45, 2.75) is 32.2 Å². The highest BCUT2D eigenvalue weighted by molar-refractivity contribution is 5.37. The topological polar surface area (TPSA) is 19.4 Å². The van der Waals surface area contributed by atoms with Crippen molar-refractivity contribution in [2.75, 3.05) is 32.1 Å². The van der Waals surface area contributed by atoms with E-state index in [9.17, 15) is 0 Å². The molecule has 2 fully saturated rings. The molecule has 19 heavy (non-hydrogen) atoms. The predicted molar refractivity (Wildman–Crippen MR) is 79.3 cm³/mol. The first kappa shape index (κ1) is 12.9. The summed E-state index contributed by atoms with van der Waals surface area (Å²) in [6, 6.07) is 4.35.